The van der Waals surface area contributed by atoms with Crippen LogP contribution in [0.1, 0.15) is 6.42 Å². The minimum Gasteiger partial charge on any atom is -0.504 e. The lowest BCUT2D eigenvalue weighted by molar-refractivity contribution is 0.382. The second-order valence-electron chi connectivity index (χ2n) is 4.72. The molecule has 1 rings (SSSR count). The van der Waals surface area contributed by atoms with Gasteiger partial charge in [-0.05, 0) is 6.07 Å². The molecule has 0 spiro atoms. The van der Waals surface area contributed by atoms with Crippen molar-refractivity contribution in [3.05, 3.63) is 18.2 Å². The van der Waals surface area contributed by atoms with Crippen LogP contribution in [0.2, 0.25) is 0 Å². The average Bonchev–Trinajstić information content (AvgIpc) is 2.19. The third-order valence-corrected chi connectivity index (χ3v) is 3.58. The Morgan fingerprint density at radius 3 is 2.28 bits per heavy atom. The van der Waals surface area contributed by atoms with E-state index in [2.05, 4.69) is 0 Å². The standard InChI is InChI=1S/C11H17NO5S/c1-12(2,6-3-7-18(15,16)17)9-4-5-10(13)11(14)8-9/h4-5,8H,3,6-7H2,1-2H3,(H2-,13,14,15,16,17)/p+1. The summed E-state index contributed by atoms with van der Waals surface area (Å²) in [6, 6.07) is 4.47. The van der Waals surface area contributed by atoms with Crippen molar-refractivity contribution < 1.29 is 23.2 Å². The highest BCUT2D eigenvalue weighted by molar-refractivity contribution is 7.85. The van der Waals surface area contributed by atoms with E-state index < -0.39 is 10.1 Å². The van der Waals surface area contributed by atoms with E-state index in [0.29, 0.717) is 17.4 Å². The monoisotopic (exact) mass is 276 g/mol. The van der Waals surface area contributed by atoms with Gasteiger partial charge in [0, 0.05) is 18.6 Å². The Kier molecular flexibility index (Phi) is 4.20. The molecule has 0 aromatic heterocycles. The number of rotatable bonds is 5. The highest BCUT2D eigenvalue weighted by Crippen LogP contribution is 2.31. The fourth-order valence-corrected chi connectivity index (χ4v) is 2.15. The van der Waals surface area contributed by atoms with Crippen molar-refractivity contribution in [2.75, 3.05) is 26.4 Å². The molecule has 0 aliphatic rings. The van der Waals surface area contributed by atoms with E-state index >= 15 is 0 Å². The van der Waals surface area contributed by atoms with Crippen LogP contribution in [0.25, 0.3) is 0 Å². The Morgan fingerprint density at radius 1 is 1.17 bits per heavy atom. The first-order chi connectivity index (χ1) is 8.12. The largest absolute Gasteiger partial charge is 0.504 e. The van der Waals surface area contributed by atoms with Crippen molar-refractivity contribution in [1.82, 2.24) is 4.48 Å². The van der Waals surface area contributed by atoms with E-state index in [-0.39, 0.29) is 17.3 Å². The number of phenolic OH excluding ortho intramolecular Hbond substituents is 2. The number of nitrogens with zero attached hydrogens (tertiary/aromatic N) is 1. The first-order valence-corrected chi connectivity index (χ1v) is 7.03. The topological polar surface area (TPSA) is 94.8 Å². The minimum atomic E-state index is -3.94. The first kappa shape index (κ1) is 14.7. The van der Waals surface area contributed by atoms with Gasteiger partial charge < -0.3 is 10.2 Å². The molecule has 0 aliphatic carbocycles. The van der Waals surface area contributed by atoms with Crippen LogP contribution in [-0.4, -0.2) is 49.6 Å². The fourth-order valence-electron chi connectivity index (χ4n) is 1.66. The van der Waals surface area contributed by atoms with Crippen LogP contribution in [-0.2, 0) is 10.1 Å². The average molecular weight is 276 g/mol. The minimum absolute atomic E-state index is 0.198. The molecule has 0 heterocycles. The maximum absolute atomic E-state index is 10.6. The predicted molar refractivity (Wildman–Crippen MR) is 69.3 cm³/mol. The number of hydrogen-bond acceptors (Lipinski definition) is 4. The highest BCUT2D eigenvalue weighted by atomic mass is 32.2. The van der Waals surface area contributed by atoms with Gasteiger partial charge in [-0.1, -0.05) is 0 Å². The third kappa shape index (κ3) is 4.17. The fraction of sp³-hybridized carbons (Fsp3) is 0.455. The van der Waals surface area contributed by atoms with Gasteiger partial charge in [-0.25, -0.2) is 0 Å². The van der Waals surface area contributed by atoms with Gasteiger partial charge in [0.25, 0.3) is 10.1 Å². The maximum atomic E-state index is 10.6. The van der Waals surface area contributed by atoms with Crippen molar-refractivity contribution in [3.63, 3.8) is 0 Å². The summed E-state index contributed by atoms with van der Waals surface area (Å²) < 4.78 is 30.3. The van der Waals surface area contributed by atoms with Crippen LogP contribution in [0.3, 0.4) is 0 Å². The molecule has 7 heteroatoms. The number of benzene rings is 1. The van der Waals surface area contributed by atoms with E-state index in [0.717, 1.165) is 5.69 Å². The summed E-state index contributed by atoms with van der Waals surface area (Å²) in [4.78, 5) is 0. The summed E-state index contributed by atoms with van der Waals surface area (Å²) in [6.07, 6.45) is 0.299. The number of hydrogen-bond donors (Lipinski definition) is 3. The quantitative estimate of drug-likeness (QED) is 0.423. The second kappa shape index (κ2) is 5.13. The second-order valence-corrected chi connectivity index (χ2v) is 6.29. The molecule has 102 valence electrons. The zero-order valence-corrected chi connectivity index (χ0v) is 11.2. The van der Waals surface area contributed by atoms with Gasteiger partial charge in [-0.3, -0.25) is 9.04 Å². The van der Waals surface area contributed by atoms with Gasteiger partial charge in [0.05, 0.1) is 26.4 Å². The van der Waals surface area contributed by atoms with Crippen LogP contribution in [0.5, 0.6) is 11.5 Å². The molecule has 0 saturated carbocycles. The number of phenols is 2. The molecule has 1 aromatic rings. The summed E-state index contributed by atoms with van der Waals surface area (Å²) in [5.74, 6) is -0.705. The summed E-state index contributed by atoms with van der Waals surface area (Å²) in [5.41, 5.74) is 0.737. The zero-order valence-electron chi connectivity index (χ0n) is 10.4. The number of quaternary nitrogens is 1. The lowest BCUT2D eigenvalue weighted by Gasteiger charge is -2.29. The van der Waals surface area contributed by atoms with E-state index in [9.17, 15) is 18.6 Å². The maximum Gasteiger partial charge on any atom is 0.265 e. The number of aromatic hydroxyl groups is 2. The van der Waals surface area contributed by atoms with Crippen LogP contribution in [0, 0.1) is 0 Å². The Bertz CT molecular complexity index is 524. The smallest absolute Gasteiger partial charge is 0.265 e. The molecule has 6 nitrogen and oxygen atoms in total. The molecule has 0 amide bonds. The van der Waals surface area contributed by atoms with E-state index in [4.69, 9.17) is 4.55 Å². The van der Waals surface area contributed by atoms with Crippen LogP contribution >= 0.6 is 0 Å². The summed E-state index contributed by atoms with van der Waals surface area (Å²) in [6.45, 7) is 0.476. The van der Waals surface area contributed by atoms with E-state index in [1.165, 1.54) is 12.1 Å². The van der Waals surface area contributed by atoms with Crippen molar-refractivity contribution >= 4 is 15.8 Å². The molecule has 18 heavy (non-hydrogen) atoms. The molecule has 0 fully saturated rings. The Morgan fingerprint density at radius 2 is 1.78 bits per heavy atom. The molecule has 0 saturated heterocycles. The zero-order chi connectivity index (χ0) is 14.0. The third-order valence-electron chi connectivity index (χ3n) is 2.78. The summed E-state index contributed by atoms with van der Waals surface area (Å²) in [5, 5.41) is 18.6. The molecule has 1 aromatic carbocycles. The molecular formula is C11H18NO5S+. The molecule has 0 bridgehead atoms. The van der Waals surface area contributed by atoms with Crippen LogP contribution in [0.15, 0.2) is 18.2 Å². The normalized spacial score (nSPS) is 12.6. The van der Waals surface area contributed by atoms with E-state index in [1.54, 1.807) is 6.07 Å². The van der Waals surface area contributed by atoms with Crippen molar-refractivity contribution in [1.29, 1.82) is 0 Å². The SMILES string of the molecule is C[N+](C)(CCCS(=O)(=O)O)c1ccc(O)c(O)c1. The summed E-state index contributed by atoms with van der Waals surface area (Å²) >= 11 is 0. The van der Waals surface area contributed by atoms with Crippen LogP contribution < -0.4 is 4.48 Å². The van der Waals surface area contributed by atoms with Crippen LogP contribution in [0.4, 0.5) is 5.69 Å². The van der Waals surface area contributed by atoms with Gasteiger partial charge in [-0.2, -0.15) is 8.42 Å². The first-order valence-electron chi connectivity index (χ1n) is 5.42. The van der Waals surface area contributed by atoms with Gasteiger partial charge in [0.15, 0.2) is 11.5 Å². The molecule has 0 aliphatic heterocycles. The van der Waals surface area contributed by atoms with Gasteiger partial charge in [-0.15, -0.1) is 0 Å². The van der Waals surface area contributed by atoms with E-state index in [1.807, 2.05) is 14.1 Å². The Balaban J connectivity index is 2.76. The molecular weight excluding hydrogens is 258 g/mol. The molecule has 0 unspecified atom stereocenters. The lowest BCUT2D eigenvalue weighted by atomic mass is 10.2. The van der Waals surface area contributed by atoms with Crippen molar-refractivity contribution in [2.24, 2.45) is 0 Å². The molecule has 3 N–H and O–H groups in total. The molecule has 0 radical (unpaired) electrons. The van der Waals surface area contributed by atoms with Crippen molar-refractivity contribution in [2.45, 2.75) is 6.42 Å². The van der Waals surface area contributed by atoms with Gasteiger partial charge in [0.1, 0.15) is 5.69 Å². The Hall–Kier alpha value is -1.31. The Labute approximate surface area is 106 Å². The predicted octanol–water partition coefficient (Wildman–Crippen LogP) is 0.943. The molecule has 0 atom stereocenters. The highest BCUT2D eigenvalue weighted by Gasteiger charge is 2.21. The summed E-state index contributed by atoms with van der Waals surface area (Å²) in [7, 11) is -0.257. The lowest BCUT2D eigenvalue weighted by Crippen LogP contribution is -2.41. The van der Waals surface area contributed by atoms with Gasteiger partial charge >= 0.3 is 0 Å². The van der Waals surface area contributed by atoms with Crippen molar-refractivity contribution in [3.8, 4) is 11.5 Å². The van der Waals surface area contributed by atoms with Gasteiger partial charge in [0.2, 0.25) is 0 Å².